The van der Waals surface area contributed by atoms with Crippen LogP contribution in [0.2, 0.25) is 0 Å². The zero-order valence-corrected chi connectivity index (χ0v) is 17.1. The minimum atomic E-state index is -4.48. The van der Waals surface area contributed by atoms with Crippen LogP contribution in [0.4, 0.5) is 24.9 Å². The Morgan fingerprint density at radius 3 is 2.47 bits per heavy atom. The van der Waals surface area contributed by atoms with Gasteiger partial charge in [-0.25, -0.2) is 19.9 Å². The number of thiophene rings is 2. The number of rotatable bonds is 3. The number of alkyl halides is 3. The van der Waals surface area contributed by atoms with Gasteiger partial charge in [0, 0.05) is 48.2 Å². The maximum absolute atomic E-state index is 13.0. The van der Waals surface area contributed by atoms with Gasteiger partial charge in [-0.15, -0.1) is 22.7 Å². The maximum atomic E-state index is 13.0. The molecule has 0 bridgehead atoms. The van der Waals surface area contributed by atoms with Gasteiger partial charge in [0.25, 0.3) is 0 Å². The van der Waals surface area contributed by atoms with Crippen molar-refractivity contribution in [1.29, 1.82) is 0 Å². The molecule has 4 aromatic heterocycles. The van der Waals surface area contributed by atoms with Crippen molar-refractivity contribution in [1.82, 2.24) is 19.9 Å². The third kappa shape index (κ3) is 3.47. The molecule has 1 aliphatic rings. The Balaban J connectivity index is 1.40. The quantitative estimate of drug-likeness (QED) is 0.458. The molecule has 1 aliphatic heterocycles. The van der Waals surface area contributed by atoms with Crippen LogP contribution >= 0.6 is 22.7 Å². The van der Waals surface area contributed by atoms with Crippen molar-refractivity contribution in [2.24, 2.45) is 0 Å². The summed E-state index contributed by atoms with van der Waals surface area (Å²) in [5.74, 6) is 0.960. The summed E-state index contributed by atoms with van der Waals surface area (Å²) >= 11 is 3.25. The normalized spacial score (nSPS) is 15.2. The third-order valence-electron chi connectivity index (χ3n) is 4.93. The maximum Gasteiger partial charge on any atom is 0.433 e. The minimum Gasteiger partial charge on any atom is -0.352 e. The number of halogens is 3. The van der Waals surface area contributed by atoms with E-state index >= 15 is 0 Å². The number of fused-ring (bicyclic) bond motifs is 1. The molecular weight excluding hydrogens is 433 g/mol. The zero-order chi connectivity index (χ0) is 20.7. The van der Waals surface area contributed by atoms with Crippen molar-refractivity contribution in [3.63, 3.8) is 0 Å². The molecule has 5 heterocycles. The summed E-state index contributed by atoms with van der Waals surface area (Å²) in [7, 11) is 0. The second kappa shape index (κ2) is 7.47. The van der Waals surface area contributed by atoms with Gasteiger partial charge in [0.1, 0.15) is 22.7 Å². The summed E-state index contributed by atoms with van der Waals surface area (Å²) in [4.78, 5) is 22.7. The molecule has 154 valence electrons. The molecule has 0 atom stereocenters. The smallest absolute Gasteiger partial charge is 0.352 e. The van der Waals surface area contributed by atoms with Crippen molar-refractivity contribution in [2.45, 2.75) is 6.18 Å². The van der Waals surface area contributed by atoms with Crippen LogP contribution in [0.25, 0.3) is 20.7 Å². The van der Waals surface area contributed by atoms with E-state index in [1.165, 1.54) is 0 Å². The molecule has 0 amide bonds. The highest BCUT2D eigenvalue weighted by Gasteiger charge is 2.33. The molecule has 0 radical (unpaired) electrons. The van der Waals surface area contributed by atoms with Crippen LogP contribution in [0.5, 0.6) is 0 Å². The molecule has 0 unspecified atom stereocenters. The first-order chi connectivity index (χ1) is 14.5. The molecule has 0 N–H and O–H groups in total. The SMILES string of the molecule is FC(F)(F)c1ccnc(N2CCN(c3ncnc4scc(-c5cccs5)c34)CC2)n1. The van der Waals surface area contributed by atoms with Crippen molar-refractivity contribution < 1.29 is 13.2 Å². The lowest BCUT2D eigenvalue weighted by Crippen LogP contribution is -2.47. The lowest BCUT2D eigenvalue weighted by Gasteiger charge is -2.35. The van der Waals surface area contributed by atoms with Gasteiger partial charge in [-0.1, -0.05) is 6.07 Å². The zero-order valence-electron chi connectivity index (χ0n) is 15.5. The van der Waals surface area contributed by atoms with E-state index < -0.39 is 11.9 Å². The van der Waals surface area contributed by atoms with Gasteiger partial charge < -0.3 is 9.80 Å². The Kier molecular flexibility index (Phi) is 4.78. The van der Waals surface area contributed by atoms with E-state index in [0.717, 1.165) is 38.7 Å². The Morgan fingerprint density at radius 2 is 1.73 bits per heavy atom. The van der Waals surface area contributed by atoms with Crippen molar-refractivity contribution >= 4 is 44.7 Å². The van der Waals surface area contributed by atoms with Crippen LogP contribution in [-0.4, -0.2) is 46.1 Å². The second-order valence-electron chi connectivity index (χ2n) is 6.72. The number of hydrogen-bond donors (Lipinski definition) is 0. The molecule has 1 fully saturated rings. The van der Waals surface area contributed by atoms with Crippen LogP contribution in [0, 0.1) is 0 Å². The summed E-state index contributed by atoms with van der Waals surface area (Å²) in [5.41, 5.74) is 0.190. The van der Waals surface area contributed by atoms with Gasteiger partial charge >= 0.3 is 6.18 Å². The van der Waals surface area contributed by atoms with Crippen molar-refractivity contribution in [3.05, 3.63) is 47.2 Å². The highest BCUT2D eigenvalue weighted by molar-refractivity contribution is 7.18. The molecule has 11 heteroatoms. The van der Waals surface area contributed by atoms with Gasteiger partial charge in [-0.05, 0) is 17.5 Å². The Bertz CT molecular complexity index is 1170. The van der Waals surface area contributed by atoms with Crippen LogP contribution in [-0.2, 0) is 6.18 Å². The van der Waals surface area contributed by atoms with Crippen LogP contribution in [0.3, 0.4) is 0 Å². The van der Waals surface area contributed by atoms with Crippen LogP contribution in [0.1, 0.15) is 5.69 Å². The minimum absolute atomic E-state index is 0.104. The first-order valence-electron chi connectivity index (χ1n) is 9.17. The molecule has 1 saturated heterocycles. The first kappa shape index (κ1) is 19.2. The number of nitrogens with zero attached hydrogens (tertiary/aromatic N) is 6. The molecule has 0 saturated carbocycles. The fourth-order valence-corrected chi connectivity index (χ4v) is 5.21. The predicted octanol–water partition coefficient (Wildman–Crippen LogP) is 4.56. The van der Waals surface area contributed by atoms with E-state index in [9.17, 15) is 13.2 Å². The van der Waals surface area contributed by atoms with E-state index in [1.54, 1.807) is 33.9 Å². The number of hydrogen-bond acceptors (Lipinski definition) is 8. The van der Waals surface area contributed by atoms with E-state index in [-0.39, 0.29) is 5.95 Å². The highest BCUT2D eigenvalue weighted by atomic mass is 32.1. The van der Waals surface area contributed by atoms with E-state index in [1.807, 2.05) is 11.4 Å². The lowest BCUT2D eigenvalue weighted by atomic mass is 10.2. The topological polar surface area (TPSA) is 58.0 Å². The van der Waals surface area contributed by atoms with Gasteiger partial charge in [-0.2, -0.15) is 13.2 Å². The number of aromatic nitrogens is 4. The average molecular weight is 448 g/mol. The standard InChI is InChI=1S/C19H15F3N6S2/c20-19(21,22)14-3-4-23-18(26-14)28-7-5-27(6-8-28)16-15-12(13-2-1-9-29-13)10-30-17(15)25-11-24-16/h1-4,9-11H,5-8H2. The Hall–Kier alpha value is -2.79. The van der Waals surface area contributed by atoms with Crippen LogP contribution in [0.15, 0.2) is 41.5 Å². The van der Waals surface area contributed by atoms with Gasteiger partial charge in [0.2, 0.25) is 5.95 Å². The summed E-state index contributed by atoms with van der Waals surface area (Å²) in [6.45, 7) is 2.22. The molecule has 6 nitrogen and oxygen atoms in total. The molecule has 5 rings (SSSR count). The fraction of sp³-hybridized carbons (Fsp3) is 0.263. The summed E-state index contributed by atoms with van der Waals surface area (Å²) in [5, 5.41) is 5.16. The summed E-state index contributed by atoms with van der Waals surface area (Å²) < 4.78 is 38.9. The Morgan fingerprint density at radius 1 is 0.933 bits per heavy atom. The molecule has 0 spiro atoms. The summed E-state index contributed by atoms with van der Waals surface area (Å²) in [6.07, 6.45) is -1.76. The van der Waals surface area contributed by atoms with E-state index in [0.29, 0.717) is 26.2 Å². The van der Waals surface area contributed by atoms with Crippen molar-refractivity contribution in [2.75, 3.05) is 36.0 Å². The van der Waals surface area contributed by atoms with E-state index in [4.69, 9.17) is 0 Å². The lowest BCUT2D eigenvalue weighted by molar-refractivity contribution is -0.141. The molecule has 0 aromatic carbocycles. The summed E-state index contributed by atoms with van der Waals surface area (Å²) in [6, 6.07) is 4.98. The average Bonchev–Trinajstić information content (AvgIpc) is 3.43. The van der Waals surface area contributed by atoms with Crippen molar-refractivity contribution in [3.8, 4) is 10.4 Å². The van der Waals surface area contributed by atoms with E-state index in [2.05, 4.69) is 36.3 Å². The molecule has 4 aromatic rings. The van der Waals surface area contributed by atoms with Gasteiger partial charge in [-0.3, -0.25) is 0 Å². The second-order valence-corrected chi connectivity index (χ2v) is 8.52. The monoisotopic (exact) mass is 448 g/mol. The first-order valence-corrected chi connectivity index (χ1v) is 10.9. The van der Waals surface area contributed by atoms with Crippen LogP contribution < -0.4 is 9.80 Å². The number of anilines is 2. The number of piperazine rings is 1. The molecular formula is C19H15F3N6S2. The largest absolute Gasteiger partial charge is 0.433 e. The molecule has 30 heavy (non-hydrogen) atoms. The third-order valence-corrected chi connectivity index (χ3v) is 6.72. The fourth-order valence-electron chi connectivity index (χ4n) is 3.49. The molecule has 0 aliphatic carbocycles. The highest BCUT2D eigenvalue weighted by Crippen LogP contribution is 2.39. The van der Waals surface area contributed by atoms with Gasteiger partial charge in [0.15, 0.2) is 0 Å². The predicted molar refractivity (Wildman–Crippen MR) is 112 cm³/mol. The van der Waals surface area contributed by atoms with Gasteiger partial charge in [0.05, 0.1) is 5.39 Å². The Labute approximate surface area is 177 Å².